The standard InChI is InChI=1S/C11H11FN2S/c12-9-3-1-8(2-4-9)5-11-14-10(6-13)7-15-11/h1-4,7H,5-6,13H2. The quantitative estimate of drug-likeness (QED) is 0.865. The summed E-state index contributed by atoms with van der Waals surface area (Å²) >= 11 is 1.59. The van der Waals surface area contributed by atoms with Crippen LogP contribution in [0.4, 0.5) is 4.39 Å². The van der Waals surface area contributed by atoms with Gasteiger partial charge in [0.1, 0.15) is 5.82 Å². The van der Waals surface area contributed by atoms with Crippen LogP contribution in [0, 0.1) is 5.82 Å². The number of hydrogen-bond donors (Lipinski definition) is 1. The van der Waals surface area contributed by atoms with Crippen molar-refractivity contribution < 1.29 is 4.39 Å². The summed E-state index contributed by atoms with van der Waals surface area (Å²) < 4.78 is 12.7. The van der Waals surface area contributed by atoms with Crippen molar-refractivity contribution in [3.63, 3.8) is 0 Å². The molecule has 0 atom stereocenters. The highest BCUT2D eigenvalue weighted by Crippen LogP contribution is 2.14. The van der Waals surface area contributed by atoms with Crippen molar-refractivity contribution in [3.05, 3.63) is 51.7 Å². The van der Waals surface area contributed by atoms with Crippen molar-refractivity contribution in [2.45, 2.75) is 13.0 Å². The molecule has 1 aromatic carbocycles. The zero-order valence-corrected chi connectivity index (χ0v) is 8.93. The van der Waals surface area contributed by atoms with Gasteiger partial charge in [0, 0.05) is 18.3 Å². The van der Waals surface area contributed by atoms with Crippen LogP contribution in [0.5, 0.6) is 0 Å². The smallest absolute Gasteiger partial charge is 0.123 e. The zero-order chi connectivity index (χ0) is 10.7. The van der Waals surface area contributed by atoms with Gasteiger partial charge in [-0.15, -0.1) is 11.3 Å². The maximum atomic E-state index is 12.7. The molecule has 2 aromatic rings. The molecule has 0 amide bonds. The van der Waals surface area contributed by atoms with Crippen LogP contribution in [0.1, 0.15) is 16.3 Å². The number of benzene rings is 1. The van der Waals surface area contributed by atoms with Crippen molar-refractivity contribution >= 4 is 11.3 Å². The Morgan fingerprint density at radius 2 is 2.00 bits per heavy atom. The van der Waals surface area contributed by atoms with Crippen LogP contribution in [0.15, 0.2) is 29.6 Å². The Morgan fingerprint density at radius 3 is 2.60 bits per heavy atom. The van der Waals surface area contributed by atoms with Gasteiger partial charge in [-0.05, 0) is 17.7 Å². The molecule has 0 radical (unpaired) electrons. The molecule has 0 saturated carbocycles. The molecule has 0 aliphatic heterocycles. The normalized spacial score (nSPS) is 10.5. The maximum Gasteiger partial charge on any atom is 0.123 e. The highest BCUT2D eigenvalue weighted by atomic mass is 32.1. The van der Waals surface area contributed by atoms with Gasteiger partial charge in [0.15, 0.2) is 0 Å². The monoisotopic (exact) mass is 222 g/mol. The molecule has 4 heteroatoms. The molecule has 0 bridgehead atoms. The molecule has 0 spiro atoms. The minimum Gasteiger partial charge on any atom is -0.325 e. The highest BCUT2D eigenvalue weighted by Gasteiger charge is 2.02. The second-order valence-corrected chi connectivity index (χ2v) is 4.18. The highest BCUT2D eigenvalue weighted by molar-refractivity contribution is 7.09. The van der Waals surface area contributed by atoms with Crippen LogP contribution in [-0.2, 0) is 13.0 Å². The lowest BCUT2D eigenvalue weighted by Gasteiger charge is -1.97. The van der Waals surface area contributed by atoms with Crippen LogP contribution in [0.2, 0.25) is 0 Å². The predicted molar refractivity (Wildman–Crippen MR) is 59.2 cm³/mol. The van der Waals surface area contributed by atoms with Crippen LogP contribution in [-0.4, -0.2) is 4.98 Å². The van der Waals surface area contributed by atoms with Gasteiger partial charge in [0.2, 0.25) is 0 Å². The summed E-state index contributed by atoms with van der Waals surface area (Å²) in [5.74, 6) is -0.208. The van der Waals surface area contributed by atoms with Gasteiger partial charge in [-0.25, -0.2) is 9.37 Å². The lowest BCUT2D eigenvalue weighted by atomic mass is 10.1. The number of nitrogens with zero attached hydrogens (tertiary/aromatic N) is 1. The van der Waals surface area contributed by atoms with Gasteiger partial charge in [-0.3, -0.25) is 0 Å². The average Bonchev–Trinajstić information content (AvgIpc) is 2.69. The molecule has 2 rings (SSSR count). The lowest BCUT2D eigenvalue weighted by Crippen LogP contribution is -1.96. The van der Waals surface area contributed by atoms with Crippen molar-refractivity contribution in [1.82, 2.24) is 4.98 Å². The molecule has 0 fully saturated rings. The first-order chi connectivity index (χ1) is 7.28. The fourth-order valence-electron chi connectivity index (χ4n) is 1.30. The molecular weight excluding hydrogens is 211 g/mol. The molecule has 0 aliphatic carbocycles. The second kappa shape index (κ2) is 4.51. The summed E-state index contributed by atoms with van der Waals surface area (Å²) in [6, 6.07) is 6.48. The summed E-state index contributed by atoms with van der Waals surface area (Å²) in [7, 11) is 0. The van der Waals surface area contributed by atoms with Crippen molar-refractivity contribution in [2.24, 2.45) is 5.73 Å². The van der Waals surface area contributed by atoms with E-state index in [1.165, 1.54) is 12.1 Å². The topological polar surface area (TPSA) is 38.9 Å². The van der Waals surface area contributed by atoms with Crippen molar-refractivity contribution in [3.8, 4) is 0 Å². The van der Waals surface area contributed by atoms with Crippen LogP contribution >= 0.6 is 11.3 Å². The number of aromatic nitrogens is 1. The third-order valence-corrected chi connectivity index (χ3v) is 2.97. The van der Waals surface area contributed by atoms with Gasteiger partial charge in [0.05, 0.1) is 10.7 Å². The molecule has 0 aliphatic rings. The van der Waals surface area contributed by atoms with E-state index in [1.807, 2.05) is 5.38 Å². The average molecular weight is 222 g/mol. The van der Waals surface area contributed by atoms with Crippen LogP contribution < -0.4 is 5.73 Å². The molecule has 1 heterocycles. The molecule has 15 heavy (non-hydrogen) atoms. The molecule has 1 aromatic heterocycles. The number of nitrogens with two attached hydrogens (primary N) is 1. The first kappa shape index (κ1) is 10.3. The minimum absolute atomic E-state index is 0.208. The Labute approximate surface area is 91.6 Å². The van der Waals surface area contributed by atoms with E-state index in [-0.39, 0.29) is 5.82 Å². The van der Waals surface area contributed by atoms with E-state index in [9.17, 15) is 4.39 Å². The fourth-order valence-corrected chi connectivity index (χ4v) is 2.14. The lowest BCUT2D eigenvalue weighted by molar-refractivity contribution is 0.627. The predicted octanol–water partition coefficient (Wildman–Crippen LogP) is 2.33. The van der Waals surface area contributed by atoms with Crippen molar-refractivity contribution in [2.75, 3.05) is 0 Å². The van der Waals surface area contributed by atoms with E-state index < -0.39 is 0 Å². The summed E-state index contributed by atoms with van der Waals surface area (Å²) in [4.78, 5) is 4.35. The van der Waals surface area contributed by atoms with Crippen molar-refractivity contribution in [1.29, 1.82) is 0 Å². The van der Waals surface area contributed by atoms with E-state index >= 15 is 0 Å². The third-order valence-electron chi connectivity index (χ3n) is 2.08. The van der Waals surface area contributed by atoms with E-state index in [2.05, 4.69) is 4.98 Å². The fraction of sp³-hybridized carbons (Fsp3) is 0.182. The summed E-state index contributed by atoms with van der Waals surface area (Å²) in [5.41, 5.74) is 7.45. The van der Waals surface area contributed by atoms with Gasteiger partial charge >= 0.3 is 0 Å². The summed E-state index contributed by atoms with van der Waals surface area (Å²) in [5, 5.41) is 2.97. The van der Waals surface area contributed by atoms with E-state index in [1.54, 1.807) is 23.5 Å². The van der Waals surface area contributed by atoms with Crippen LogP contribution in [0.25, 0.3) is 0 Å². The zero-order valence-electron chi connectivity index (χ0n) is 8.11. The maximum absolute atomic E-state index is 12.7. The summed E-state index contributed by atoms with van der Waals surface area (Å²) in [6.45, 7) is 0.472. The SMILES string of the molecule is NCc1csc(Cc2ccc(F)cc2)n1. The Kier molecular flexibility index (Phi) is 3.08. The Morgan fingerprint density at radius 1 is 1.27 bits per heavy atom. The third kappa shape index (κ3) is 2.61. The van der Waals surface area contributed by atoms with Gasteiger partial charge in [-0.1, -0.05) is 12.1 Å². The molecule has 0 unspecified atom stereocenters. The Hall–Kier alpha value is -1.26. The van der Waals surface area contributed by atoms with E-state index in [4.69, 9.17) is 5.73 Å². The second-order valence-electron chi connectivity index (χ2n) is 3.24. The number of halogens is 1. The van der Waals surface area contributed by atoms with E-state index in [0.29, 0.717) is 6.54 Å². The summed E-state index contributed by atoms with van der Waals surface area (Å²) in [6.07, 6.45) is 0.741. The molecule has 0 saturated heterocycles. The Bertz CT molecular complexity index is 436. The largest absolute Gasteiger partial charge is 0.325 e. The van der Waals surface area contributed by atoms with E-state index in [0.717, 1.165) is 22.7 Å². The molecule has 2 N–H and O–H groups in total. The number of rotatable bonds is 3. The van der Waals surface area contributed by atoms with Gasteiger partial charge < -0.3 is 5.73 Å². The first-order valence-corrected chi connectivity index (χ1v) is 5.53. The first-order valence-electron chi connectivity index (χ1n) is 4.65. The van der Waals surface area contributed by atoms with Gasteiger partial charge in [0.25, 0.3) is 0 Å². The number of thiazole rings is 1. The Balaban J connectivity index is 2.11. The number of hydrogen-bond acceptors (Lipinski definition) is 3. The van der Waals surface area contributed by atoms with Gasteiger partial charge in [-0.2, -0.15) is 0 Å². The molecule has 2 nitrogen and oxygen atoms in total. The molecule has 78 valence electrons. The van der Waals surface area contributed by atoms with Crippen LogP contribution in [0.3, 0.4) is 0 Å². The minimum atomic E-state index is -0.208. The molecular formula is C11H11FN2S.